The molecule has 1 fully saturated rings. The standard InChI is InChI=1S/C22H29N3O4S/c1-24-13-5-8-18(24)22(28)25-14-3-2-7-17(25)11-15-29-20(26)10-4-12-23-21(27)19-9-6-16-30-19/h5-6,8-9,13,16-17H,2-4,7,10-12,14-15H2,1H3,(H,23,27). The zero-order valence-electron chi connectivity index (χ0n) is 17.3. The lowest BCUT2D eigenvalue weighted by molar-refractivity contribution is -0.144. The molecule has 0 saturated carbocycles. The highest BCUT2D eigenvalue weighted by Gasteiger charge is 2.28. The third kappa shape index (κ3) is 5.95. The minimum atomic E-state index is -0.267. The van der Waals surface area contributed by atoms with Crippen LogP contribution in [0.5, 0.6) is 0 Å². The molecule has 0 aliphatic carbocycles. The molecule has 0 bridgehead atoms. The average Bonchev–Trinajstić information content (AvgIpc) is 3.43. The number of amides is 2. The van der Waals surface area contributed by atoms with Gasteiger partial charge in [0.1, 0.15) is 5.69 Å². The lowest BCUT2D eigenvalue weighted by atomic mass is 9.99. The highest BCUT2D eigenvalue weighted by atomic mass is 32.1. The molecule has 7 nitrogen and oxygen atoms in total. The SMILES string of the molecule is Cn1cccc1C(=O)N1CCCCC1CCOC(=O)CCCNC(=O)c1cccs1. The molecule has 2 amide bonds. The van der Waals surface area contributed by atoms with Crippen LogP contribution in [0.3, 0.4) is 0 Å². The van der Waals surface area contributed by atoms with Gasteiger partial charge in [-0.25, -0.2) is 0 Å². The van der Waals surface area contributed by atoms with Crippen molar-refractivity contribution in [2.24, 2.45) is 7.05 Å². The van der Waals surface area contributed by atoms with Gasteiger partial charge in [-0.2, -0.15) is 0 Å². The molecule has 2 aromatic rings. The summed E-state index contributed by atoms with van der Waals surface area (Å²) in [6.45, 7) is 1.49. The molecule has 2 aromatic heterocycles. The first kappa shape index (κ1) is 22.1. The number of hydrogen-bond donors (Lipinski definition) is 1. The van der Waals surface area contributed by atoms with Gasteiger partial charge in [0, 0.05) is 45.2 Å². The van der Waals surface area contributed by atoms with Crippen LogP contribution in [0.15, 0.2) is 35.8 Å². The quantitative estimate of drug-likeness (QED) is 0.488. The van der Waals surface area contributed by atoms with Crippen LogP contribution in [0, 0.1) is 0 Å². The van der Waals surface area contributed by atoms with Crippen molar-refractivity contribution in [1.29, 1.82) is 0 Å². The molecule has 1 saturated heterocycles. The fourth-order valence-electron chi connectivity index (χ4n) is 3.71. The number of likely N-dealkylation sites (tertiary alicyclic amines) is 1. The van der Waals surface area contributed by atoms with E-state index in [1.165, 1.54) is 11.3 Å². The molecule has 1 aliphatic rings. The van der Waals surface area contributed by atoms with Crippen molar-refractivity contribution in [1.82, 2.24) is 14.8 Å². The van der Waals surface area contributed by atoms with Gasteiger partial charge in [-0.15, -0.1) is 11.3 Å². The molecule has 0 aromatic carbocycles. The molecule has 1 aliphatic heterocycles. The summed E-state index contributed by atoms with van der Waals surface area (Å²) in [7, 11) is 1.87. The van der Waals surface area contributed by atoms with Gasteiger partial charge in [-0.05, 0) is 49.3 Å². The Morgan fingerprint density at radius 2 is 2.10 bits per heavy atom. The maximum absolute atomic E-state index is 12.9. The number of carbonyl (C=O) groups is 3. The van der Waals surface area contributed by atoms with E-state index in [-0.39, 0.29) is 30.2 Å². The van der Waals surface area contributed by atoms with Crippen LogP contribution in [0.4, 0.5) is 0 Å². The Morgan fingerprint density at radius 1 is 1.23 bits per heavy atom. The van der Waals surface area contributed by atoms with E-state index in [0.717, 1.165) is 25.8 Å². The Hall–Kier alpha value is -2.61. The molecular formula is C22H29N3O4S. The Labute approximate surface area is 181 Å². The van der Waals surface area contributed by atoms with Crippen molar-refractivity contribution >= 4 is 29.1 Å². The van der Waals surface area contributed by atoms with E-state index < -0.39 is 0 Å². The summed E-state index contributed by atoms with van der Waals surface area (Å²) in [5.74, 6) is -0.338. The second-order valence-electron chi connectivity index (χ2n) is 7.50. The highest BCUT2D eigenvalue weighted by molar-refractivity contribution is 7.12. The number of esters is 1. The van der Waals surface area contributed by atoms with Crippen molar-refractivity contribution < 1.29 is 19.1 Å². The number of aromatic nitrogens is 1. The fraction of sp³-hybridized carbons (Fsp3) is 0.500. The van der Waals surface area contributed by atoms with Crippen molar-refractivity contribution in [2.75, 3.05) is 19.7 Å². The predicted molar refractivity (Wildman–Crippen MR) is 116 cm³/mol. The van der Waals surface area contributed by atoms with Crippen molar-refractivity contribution in [3.05, 3.63) is 46.4 Å². The molecule has 0 spiro atoms. The number of hydrogen-bond acceptors (Lipinski definition) is 5. The summed E-state index contributed by atoms with van der Waals surface area (Å²) in [4.78, 5) is 39.3. The molecule has 8 heteroatoms. The van der Waals surface area contributed by atoms with Crippen molar-refractivity contribution in [2.45, 2.75) is 44.6 Å². The Bertz CT molecular complexity index is 846. The van der Waals surface area contributed by atoms with Crippen LogP contribution < -0.4 is 5.32 Å². The van der Waals surface area contributed by atoms with Gasteiger partial charge in [0.25, 0.3) is 11.8 Å². The van der Waals surface area contributed by atoms with Crippen LogP contribution >= 0.6 is 11.3 Å². The number of piperidine rings is 1. The summed E-state index contributed by atoms with van der Waals surface area (Å²) in [6.07, 6.45) is 6.35. The fourth-order valence-corrected chi connectivity index (χ4v) is 4.35. The molecule has 3 rings (SSSR count). The largest absolute Gasteiger partial charge is 0.466 e. The molecule has 1 atom stereocenters. The van der Waals surface area contributed by atoms with Crippen LogP contribution in [0.1, 0.15) is 58.7 Å². The van der Waals surface area contributed by atoms with Crippen molar-refractivity contribution in [3.8, 4) is 0 Å². The summed E-state index contributed by atoms with van der Waals surface area (Å²) >= 11 is 1.39. The third-order valence-electron chi connectivity index (χ3n) is 5.35. The van der Waals surface area contributed by atoms with E-state index in [1.54, 1.807) is 6.07 Å². The van der Waals surface area contributed by atoms with E-state index in [4.69, 9.17) is 4.74 Å². The van der Waals surface area contributed by atoms with Gasteiger partial charge >= 0.3 is 5.97 Å². The molecule has 3 heterocycles. The Kier molecular flexibility index (Phi) is 8.07. The first-order chi connectivity index (χ1) is 14.6. The minimum absolute atomic E-state index is 0.0417. The summed E-state index contributed by atoms with van der Waals surface area (Å²) < 4.78 is 7.21. The molecule has 162 valence electrons. The number of nitrogens with zero attached hydrogens (tertiary/aromatic N) is 2. The predicted octanol–water partition coefficient (Wildman–Crippen LogP) is 3.22. The number of ether oxygens (including phenoxy) is 1. The second kappa shape index (κ2) is 11.0. The molecule has 1 unspecified atom stereocenters. The number of aryl methyl sites for hydroxylation is 1. The zero-order valence-corrected chi connectivity index (χ0v) is 18.2. The zero-order chi connectivity index (χ0) is 21.3. The normalized spacial score (nSPS) is 16.3. The highest BCUT2D eigenvalue weighted by Crippen LogP contribution is 2.22. The number of nitrogens with one attached hydrogen (secondary N) is 1. The summed E-state index contributed by atoms with van der Waals surface area (Å²) in [5.41, 5.74) is 0.684. The van der Waals surface area contributed by atoms with Crippen LogP contribution in [0.2, 0.25) is 0 Å². The van der Waals surface area contributed by atoms with Gasteiger partial charge < -0.3 is 19.5 Å². The van der Waals surface area contributed by atoms with Gasteiger partial charge in [-0.3, -0.25) is 14.4 Å². The van der Waals surface area contributed by atoms with Gasteiger partial charge in [-0.1, -0.05) is 6.07 Å². The second-order valence-corrected chi connectivity index (χ2v) is 8.45. The topological polar surface area (TPSA) is 80.6 Å². The van der Waals surface area contributed by atoms with Gasteiger partial charge in [0.15, 0.2) is 0 Å². The van der Waals surface area contributed by atoms with E-state index >= 15 is 0 Å². The summed E-state index contributed by atoms with van der Waals surface area (Å²) in [6, 6.07) is 7.41. The maximum Gasteiger partial charge on any atom is 0.305 e. The van der Waals surface area contributed by atoms with Crippen LogP contribution in [-0.4, -0.2) is 53.0 Å². The minimum Gasteiger partial charge on any atom is -0.466 e. The maximum atomic E-state index is 12.9. The summed E-state index contributed by atoms with van der Waals surface area (Å²) in [5, 5.41) is 4.66. The van der Waals surface area contributed by atoms with E-state index in [9.17, 15) is 14.4 Å². The van der Waals surface area contributed by atoms with E-state index in [1.807, 2.05) is 46.3 Å². The van der Waals surface area contributed by atoms with Gasteiger partial charge in [0.05, 0.1) is 11.5 Å². The monoisotopic (exact) mass is 431 g/mol. The first-order valence-electron chi connectivity index (χ1n) is 10.5. The van der Waals surface area contributed by atoms with E-state index in [2.05, 4.69) is 5.32 Å². The van der Waals surface area contributed by atoms with Crippen molar-refractivity contribution in [3.63, 3.8) is 0 Å². The van der Waals surface area contributed by atoms with Crippen LogP contribution in [-0.2, 0) is 16.6 Å². The molecule has 30 heavy (non-hydrogen) atoms. The Morgan fingerprint density at radius 3 is 2.83 bits per heavy atom. The number of rotatable bonds is 9. The lowest BCUT2D eigenvalue weighted by Crippen LogP contribution is -2.44. The smallest absolute Gasteiger partial charge is 0.305 e. The number of carbonyl (C=O) groups excluding carboxylic acids is 3. The number of thiophene rings is 1. The third-order valence-corrected chi connectivity index (χ3v) is 6.22. The molecule has 1 N–H and O–H groups in total. The molecule has 0 radical (unpaired) electrons. The average molecular weight is 432 g/mol. The Balaban J connectivity index is 1.36. The lowest BCUT2D eigenvalue weighted by Gasteiger charge is -2.35. The van der Waals surface area contributed by atoms with E-state index in [0.29, 0.717) is 36.6 Å². The van der Waals surface area contributed by atoms with Crippen LogP contribution in [0.25, 0.3) is 0 Å². The first-order valence-corrected chi connectivity index (χ1v) is 11.3. The van der Waals surface area contributed by atoms with Gasteiger partial charge in [0.2, 0.25) is 0 Å². The molecular weight excluding hydrogens is 402 g/mol.